The molecule has 2 N–H and O–H groups in total. The van der Waals surface area contributed by atoms with Crippen LogP contribution in [0.5, 0.6) is 0 Å². The van der Waals surface area contributed by atoms with Gasteiger partial charge in [0.05, 0.1) is 27.1 Å². The van der Waals surface area contributed by atoms with Crippen LogP contribution in [-0.2, 0) is 41.8 Å². The summed E-state index contributed by atoms with van der Waals surface area (Å²) >= 11 is 0. The molecule has 1 unspecified atom stereocenters. The Morgan fingerprint density at radius 2 is 1.15 bits per heavy atom. The van der Waals surface area contributed by atoms with Crippen molar-refractivity contribution in [3.63, 3.8) is 0 Å². The van der Waals surface area contributed by atoms with E-state index in [9.17, 15) is 0 Å². The van der Waals surface area contributed by atoms with Crippen molar-refractivity contribution in [3.8, 4) is 0 Å². The smallest absolute Gasteiger partial charge is 0.397 e. The first-order valence-electron chi connectivity index (χ1n) is 16.2. The lowest BCUT2D eigenvalue weighted by molar-refractivity contribution is 0.122. The van der Waals surface area contributed by atoms with Gasteiger partial charge in [-0.15, -0.1) is 0 Å². The fourth-order valence-corrected chi connectivity index (χ4v) is 16.5. The van der Waals surface area contributed by atoms with Crippen LogP contribution in [0, 0.1) is 0 Å². The van der Waals surface area contributed by atoms with Crippen molar-refractivity contribution in [1.82, 2.24) is 10.6 Å². The van der Waals surface area contributed by atoms with E-state index in [2.05, 4.69) is 62.4 Å². The van der Waals surface area contributed by atoms with Gasteiger partial charge in [-0.1, -0.05) is 61.7 Å². The van der Waals surface area contributed by atoms with E-state index >= 15 is 0 Å². The van der Waals surface area contributed by atoms with Crippen LogP contribution in [0.2, 0.25) is 50.9 Å². The third-order valence-electron chi connectivity index (χ3n) is 9.03. The van der Waals surface area contributed by atoms with E-state index in [4.69, 9.17) is 35.4 Å². The molecule has 1 atom stereocenters. The summed E-state index contributed by atoms with van der Waals surface area (Å²) in [6.07, 6.45) is 2.82. The summed E-state index contributed by atoms with van der Waals surface area (Å²) in [4.78, 5) is 0. The van der Waals surface area contributed by atoms with Crippen molar-refractivity contribution in [3.05, 3.63) is 23.3 Å². The Labute approximate surface area is 290 Å². The van der Waals surface area contributed by atoms with E-state index in [0.29, 0.717) is 9.52 Å². The molecule has 0 heterocycles. The zero-order valence-corrected chi connectivity index (χ0v) is 37.2. The molecule has 16 heteroatoms. The Morgan fingerprint density at radius 1 is 0.696 bits per heavy atom. The molecule has 0 saturated heterocycles. The van der Waals surface area contributed by atoms with Gasteiger partial charge in [0.1, 0.15) is 0 Å². The van der Waals surface area contributed by atoms with Gasteiger partial charge in [0.25, 0.3) is 0 Å². The number of hydrogen-bond acceptors (Lipinski definition) is 10. The van der Waals surface area contributed by atoms with E-state index in [1.165, 1.54) is 11.1 Å². The van der Waals surface area contributed by atoms with Gasteiger partial charge in [-0.25, -0.2) is 0 Å². The molecular weight excluding hydrogens is 685 g/mol. The predicted molar refractivity (Wildman–Crippen MR) is 201 cm³/mol. The lowest BCUT2D eigenvalue weighted by Crippen LogP contribution is -2.51. The highest BCUT2D eigenvalue weighted by Gasteiger charge is 2.41. The molecule has 0 saturated carbocycles. The molecule has 0 aliphatic carbocycles. The second kappa shape index (κ2) is 22.0. The molecule has 1 rings (SSSR count). The van der Waals surface area contributed by atoms with Crippen LogP contribution >= 0.6 is 0 Å². The molecule has 0 amide bonds. The number of hydrogen-bond donors (Lipinski definition) is 2. The van der Waals surface area contributed by atoms with Crippen LogP contribution in [0.3, 0.4) is 0 Å². The van der Waals surface area contributed by atoms with Crippen molar-refractivity contribution in [1.29, 1.82) is 0 Å². The minimum absolute atomic E-state index is 0.183. The summed E-state index contributed by atoms with van der Waals surface area (Å²) in [7, 11) is 5.40. The third kappa shape index (κ3) is 12.5. The maximum atomic E-state index is 6.11. The van der Waals surface area contributed by atoms with Crippen LogP contribution in [0.15, 0.2) is 12.1 Å². The highest BCUT2D eigenvalue weighted by molar-refractivity contribution is 6.83. The fraction of sp³-hybridized carbons (Fsp3) is 0.800. The van der Waals surface area contributed by atoms with Gasteiger partial charge in [0, 0.05) is 80.3 Å². The molecule has 46 heavy (non-hydrogen) atoms. The second-order valence-electron chi connectivity index (χ2n) is 12.1. The lowest BCUT2D eigenvalue weighted by atomic mass is 10.0. The van der Waals surface area contributed by atoms with Gasteiger partial charge in [-0.05, 0) is 50.0 Å². The molecule has 1 aromatic rings. The minimum atomic E-state index is -2.60. The molecule has 0 aliphatic rings. The minimum Gasteiger partial charge on any atom is -0.397 e. The van der Waals surface area contributed by atoms with Gasteiger partial charge in [-0.3, -0.25) is 0 Å². The second-order valence-corrected chi connectivity index (χ2v) is 28.5. The van der Waals surface area contributed by atoms with Crippen molar-refractivity contribution in [2.75, 3.05) is 70.0 Å². The highest BCUT2D eigenvalue weighted by Crippen LogP contribution is 2.30. The number of aryl methyl sites for hydroxylation is 1. The monoisotopic (exact) mass is 748 g/mol. The van der Waals surface area contributed by atoms with E-state index < -0.39 is 43.8 Å². The largest absolute Gasteiger partial charge is 0.500 e. The Bertz CT molecular complexity index is 940. The first-order valence-corrected chi connectivity index (χ1v) is 28.7. The van der Waals surface area contributed by atoms with E-state index in [1.807, 2.05) is 14.2 Å². The summed E-state index contributed by atoms with van der Waals surface area (Å²) < 4.78 is 46.0. The normalized spacial score (nSPS) is 13.8. The predicted octanol–water partition coefficient (Wildman–Crippen LogP) is 3.28. The Morgan fingerprint density at radius 3 is 1.52 bits per heavy atom. The summed E-state index contributed by atoms with van der Waals surface area (Å²) in [6.45, 7) is 15.9. The molecule has 0 aliphatic heterocycles. The van der Waals surface area contributed by atoms with Crippen molar-refractivity contribution in [2.45, 2.75) is 88.4 Å². The summed E-state index contributed by atoms with van der Waals surface area (Å²) in [6, 6.07) is 7.43. The maximum absolute atomic E-state index is 6.11. The lowest BCUT2D eigenvalue weighted by Gasteiger charge is -2.34. The average Bonchev–Trinajstić information content (AvgIpc) is 3.07. The number of benzene rings is 1. The Balaban J connectivity index is 3.19. The van der Waals surface area contributed by atoms with E-state index in [-0.39, 0.29) is 11.3 Å². The summed E-state index contributed by atoms with van der Waals surface area (Å²) in [5, 5.41) is 10.7. The van der Waals surface area contributed by atoms with Crippen LogP contribution < -0.4 is 21.0 Å². The summed E-state index contributed by atoms with van der Waals surface area (Å²) in [5.41, 5.74) is 3.19. The van der Waals surface area contributed by atoms with Gasteiger partial charge in [0.15, 0.2) is 0 Å². The molecule has 266 valence electrons. The quantitative estimate of drug-likeness (QED) is 0.0836. The standard InChI is InChI=1S/C30H64N2O8Si6/c1-25(44(14,33-2)34-3)28-26(17-18-27(42(10)11)29(28)43(12)13)19-22-41-30(31-20-15-23-45(35-4,36-5)37-6)32-21-16-24-46(38-7,39-8)40-9/h17-18,25,30-32H,15-16,19-24H2,1-14H3. The topological polar surface area (TPSA) is 97.9 Å². The molecule has 1 aromatic carbocycles. The van der Waals surface area contributed by atoms with Crippen molar-refractivity contribution < 1.29 is 35.4 Å². The zero-order valence-electron chi connectivity index (χ0n) is 31.2. The van der Waals surface area contributed by atoms with Gasteiger partial charge in [0.2, 0.25) is 0 Å². The van der Waals surface area contributed by atoms with Gasteiger partial charge < -0.3 is 46.0 Å². The van der Waals surface area contributed by atoms with Gasteiger partial charge in [-0.2, -0.15) is 0 Å². The first kappa shape index (κ1) is 44.1. The molecule has 0 spiro atoms. The first-order chi connectivity index (χ1) is 21.8. The fourth-order valence-electron chi connectivity index (χ4n) is 5.81. The maximum Gasteiger partial charge on any atom is 0.500 e. The SMILES string of the molecule is CO[Si](CCCNC(NCCC[Si](OC)(OC)OC)[Si]CCc1ccc([Si](C)C)c([Si](C)C)c1C(C)[Si](C)(OC)OC)(OC)OC. The Kier molecular flexibility index (Phi) is 21.2. The van der Waals surface area contributed by atoms with Gasteiger partial charge >= 0.3 is 26.2 Å². The highest BCUT2D eigenvalue weighted by atomic mass is 28.4. The van der Waals surface area contributed by atoms with Crippen LogP contribution in [-0.4, -0.2) is 129 Å². The van der Waals surface area contributed by atoms with E-state index in [1.54, 1.807) is 53.0 Å². The molecule has 4 radical (unpaired) electrons. The third-order valence-corrected chi connectivity index (χ3v) is 22.8. The van der Waals surface area contributed by atoms with Crippen molar-refractivity contribution >= 4 is 63.7 Å². The molecule has 0 fully saturated rings. The molecular formula is C30H64N2O8Si6. The Hall–Kier alpha value is 0.121. The average molecular weight is 749 g/mol. The van der Waals surface area contributed by atoms with Crippen LogP contribution in [0.25, 0.3) is 0 Å². The van der Waals surface area contributed by atoms with E-state index in [0.717, 1.165) is 50.5 Å². The van der Waals surface area contributed by atoms with Crippen molar-refractivity contribution in [2.24, 2.45) is 0 Å². The molecule has 10 nitrogen and oxygen atoms in total. The van der Waals surface area contributed by atoms with Crippen LogP contribution in [0.1, 0.15) is 36.4 Å². The zero-order chi connectivity index (χ0) is 35.0. The number of nitrogens with one attached hydrogen (secondary N) is 2. The molecule has 0 aromatic heterocycles. The number of rotatable bonds is 26. The molecule has 0 bridgehead atoms. The van der Waals surface area contributed by atoms with Crippen LogP contribution in [0.4, 0.5) is 0 Å². The summed E-state index contributed by atoms with van der Waals surface area (Å²) in [5.74, 6) is 0.183.